The molecule has 4 rings (SSSR count). The fraction of sp³-hybridized carbons (Fsp3) is 0.444. The van der Waals surface area contributed by atoms with Gasteiger partial charge >= 0.3 is 0 Å². The van der Waals surface area contributed by atoms with Crippen LogP contribution in [0.5, 0.6) is 0 Å². The third-order valence-corrected chi connectivity index (χ3v) is 4.94. The van der Waals surface area contributed by atoms with Crippen LogP contribution in [0.1, 0.15) is 54.6 Å². The molecule has 0 atom stereocenters. The number of nitrogens with one attached hydrogen (secondary N) is 1. The lowest BCUT2D eigenvalue weighted by atomic mass is 9.78. The average Bonchev–Trinajstić information content (AvgIpc) is 3.36. The lowest BCUT2D eigenvalue weighted by molar-refractivity contribution is 0.344. The van der Waals surface area contributed by atoms with E-state index in [9.17, 15) is 0 Å². The summed E-state index contributed by atoms with van der Waals surface area (Å²) < 4.78 is 0. The maximum absolute atomic E-state index is 5.93. The molecule has 0 bridgehead atoms. The largest absolute Gasteiger partial charge is 0.366 e. The van der Waals surface area contributed by atoms with Crippen LogP contribution in [-0.2, 0) is 6.54 Å². The molecular formula is C18H21ClN4. The minimum Gasteiger partial charge on any atom is -0.366 e. The molecule has 0 amide bonds. The van der Waals surface area contributed by atoms with E-state index in [2.05, 4.69) is 11.4 Å². The van der Waals surface area contributed by atoms with Gasteiger partial charge in [-0.2, -0.15) is 0 Å². The van der Waals surface area contributed by atoms with E-state index in [0.29, 0.717) is 17.9 Å². The Morgan fingerprint density at radius 1 is 1.09 bits per heavy atom. The van der Waals surface area contributed by atoms with Crippen LogP contribution in [-0.4, -0.2) is 16.0 Å². The van der Waals surface area contributed by atoms with Crippen LogP contribution in [0.25, 0.3) is 0 Å². The minimum atomic E-state index is 0.338. The van der Waals surface area contributed by atoms with E-state index >= 15 is 0 Å². The summed E-state index contributed by atoms with van der Waals surface area (Å²) in [6.07, 6.45) is 4.50. The number of benzene rings is 1. The van der Waals surface area contributed by atoms with Crippen molar-refractivity contribution in [3.8, 4) is 0 Å². The second-order valence-electron chi connectivity index (χ2n) is 6.72. The SMILES string of the molecule is NC1CC(c2cc(NCc3ccc(Cl)cc3)nc(C3CC3)n2)C1. The Kier molecular flexibility index (Phi) is 3.95. The Bertz CT molecular complexity index is 691. The van der Waals surface area contributed by atoms with Crippen LogP contribution in [0.3, 0.4) is 0 Å². The minimum absolute atomic E-state index is 0.338. The van der Waals surface area contributed by atoms with E-state index in [1.165, 1.54) is 18.4 Å². The molecule has 2 fully saturated rings. The van der Waals surface area contributed by atoms with Gasteiger partial charge in [0.15, 0.2) is 0 Å². The Morgan fingerprint density at radius 2 is 1.83 bits per heavy atom. The number of nitrogens with two attached hydrogens (primary N) is 1. The van der Waals surface area contributed by atoms with Crippen molar-refractivity contribution in [2.75, 3.05) is 5.32 Å². The quantitative estimate of drug-likeness (QED) is 0.875. The molecule has 5 heteroatoms. The summed E-state index contributed by atoms with van der Waals surface area (Å²) in [5.41, 5.74) is 8.27. The van der Waals surface area contributed by atoms with Gasteiger partial charge in [-0.3, -0.25) is 0 Å². The van der Waals surface area contributed by atoms with Crippen LogP contribution < -0.4 is 11.1 Å². The van der Waals surface area contributed by atoms with Gasteiger partial charge in [0.05, 0.1) is 0 Å². The van der Waals surface area contributed by atoms with Gasteiger partial charge in [0.2, 0.25) is 0 Å². The van der Waals surface area contributed by atoms with Crippen molar-refractivity contribution >= 4 is 17.4 Å². The predicted molar refractivity (Wildman–Crippen MR) is 92.7 cm³/mol. The Hall–Kier alpha value is -1.65. The van der Waals surface area contributed by atoms with Crippen molar-refractivity contribution in [2.45, 2.75) is 50.1 Å². The third kappa shape index (κ3) is 3.48. The zero-order valence-corrected chi connectivity index (χ0v) is 13.8. The molecule has 4 nitrogen and oxygen atoms in total. The number of aromatic nitrogens is 2. The first-order chi connectivity index (χ1) is 11.2. The normalized spacial score (nSPS) is 23.4. The molecule has 1 aromatic carbocycles. The van der Waals surface area contributed by atoms with Gasteiger partial charge in [0.25, 0.3) is 0 Å². The van der Waals surface area contributed by atoms with Crippen molar-refractivity contribution in [3.05, 3.63) is 52.4 Å². The number of nitrogens with zero attached hydrogens (tertiary/aromatic N) is 2. The Labute approximate surface area is 141 Å². The van der Waals surface area contributed by atoms with Gasteiger partial charge < -0.3 is 11.1 Å². The smallest absolute Gasteiger partial charge is 0.134 e. The van der Waals surface area contributed by atoms with Gasteiger partial charge in [-0.15, -0.1) is 0 Å². The van der Waals surface area contributed by atoms with Crippen LogP contribution in [0, 0.1) is 0 Å². The zero-order chi connectivity index (χ0) is 15.8. The molecular weight excluding hydrogens is 308 g/mol. The van der Waals surface area contributed by atoms with E-state index < -0.39 is 0 Å². The molecule has 120 valence electrons. The molecule has 2 aliphatic carbocycles. The van der Waals surface area contributed by atoms with Crippen LogP contribution in [0.15, 0.2) is 30.3 Å². The molecule has 1 aromatic heterocycles. The molecule has 0 aliphatic heterocycles. The first-order valence-electron chi connectivity index (χ1n) is 8.30. The molecule has 2 saturated carbocycles. The molecule has 0 spiro atoms. The monoisotopic (exact) mass is 328 g/mol. The number of rotatable bonds is 5. The van der Waals surface area contributed by atoms with Crippen molar-refractivity contribution in [1.29, 1.82) is 0 Å². The predicted octanol–water partition coefficient (Wildman–Crippen LogP) is 3.82. The summed E-state index contributed by atoms with van der Waals surface area (Å²) in [5.74, 6) is 2.98. The highest BCUT2D eigenvalue weighted by Gasteiger charge is 2.32. The number of halogens is 1. The summed E-state index contributed by atoms with van der Waals surface area (Å²) >= 11 is 5.93. The molecule has 1 heterocycles. The van der Waals surface area contributed by atoms with Crippen molar-refractivity contribution < 1.29 is 0 Å². The zero-order valence-electron chi connectivity index (χ0n) is 13.0. The van der Waals surface area contributed by atoms with E-state index in [1.807, 2.05) is 24.3 Å². The molecule has 3 N–H and O–H groups in total. The second-order valence-corrected chi connectivity index (χ2v) is 7.16. The fourth-order valence-corrected chi connectivity index (χ4v) is 3.13. The van der Waals surface area contributed by atoms with Crippen LogP contribution >= 0.6 is 11.6 Å². The average molecular weight is 329 g/mol. The van der Waals surface area contributed by atoms with Gasteiger partial charge in [-0.1, -0.05) is 23.7 Å². The fourth-order valence-electron chi connectivity index (χ4n) is 3.01. The van der Waals surface area contributed by atoms with Crippen LogP contribution in [0.4, 0.5) is 5.82 Å². The highest BCUT2D eigenvalue weighted by molar-refractivity contribution is 6.30. The molecule has 2 aromatic rings. The molecule has 0 unspecified atom stereocenters. The summed E-state index contributed by atoms with van der Waals surface area (Å²) in [4.78, 5) is 9.50. The molecule has 2 aliphatic rings. The highest BCUT2D eigenvalue weighted by atomic mass is 35.5. The summed E-state index contributed by atoms with van der Waals surface area (Å²) in [7, 11) is 0. The van der Waals surface area contributed by atoms with Gasteiger partial charge in [-0.05, 0) is 43.4 Å². The van der Waals surface area contributed by atoms with Crippen molar-refractivity contribution in [2.24, 2.45) is 5.73 Å². The maximum Gasteiger partial charge on any atom is 0.134 e. The van der Waals surface area contributed by atoms with Gasteiger partial charge in [0, 0.05) is 41.2 Å². The van der Waals surface area contributed by atoms with E-state index in [0.717, 1.165) is 41.7 Å². The lowest BCUT2D eigenvalue weighted by Crippen LogP contribution is -2.35. The van der Waals surface area contributed by atoms with Crippen molar-refractivity contribution in [3.63, 3.8) is 0 Å². The maximum atomic E-state index is 5.93. The third-order valence-electron chi connectivity index (χ3n) is 4.69. The number of hydrogen-bond donors (Lipinski definition) is 2. The molecule has 23 heavy (non-hydrogen) atoms. The summed E-state index contributed by atoms with van der Waals surface area (Å²) in [6.45, 7) is 0.738. The number of anilines is 1. The lowest BCUT2D eigenvalue weighted by Gasteiger charge is -2.32. The Morgan fingerprint density at radius 3 is 2.48 bits per heavy atom. The van der Waals surface area contributed by atoms with E-state index in [4.69, 9.17) is 27.3 Å². The highest BCUT2D eigenvalue weighted by Crippen LogP contribution is 2.41. The first kappa shape index (κ1) is 14.9. The van der Waals surface area contributed by atoms with Gasteiger partial charge in [-0.25, -0.2) is 9.97 Å². The van der Waals surface area contributed by atoms with E-state index in [1.54, 1.807) is 0 Å². The first-order valence-corrected chi connectivity index (χ1v) is 8.68. The van der Waals surface area contributed by atoms with Gasteiger partial charge in [0.1, 0.15) is 11.6 Å². The topological polar surface area (TPSA) is 63.8 Å². The Balaban J connectivity index is 1.51. The van der Waals surface area contributed by atoms with E-state index in [-0.39, 0.29) is 0 Å². The molecule has 0 radical (unpaired) electrons. The standard InChI is InChI=1S/C18H21ClN4/c19-14-5-1-11(2-6-14)10-21-17-9-16(13-7-15(20)8-13)22-18(23-17)12-3-4-12/h1-2,5-6,9,12-13,15H,3-4,7-8,10,20H2,(H,21,22,23). The number of hydrogen-bond acceptors (Lipinski definition) is 4. The summed E-state index contributed by atoms with van der Waals surface area (Å²) in [5, 5.41) is 4.19. The summed E-state index contributed by atoms with van der Waals surface area (Å²) in [6, 6.07) is 10.3. The van der Waals surface area contributed by atoms with Crippen molar-refractivity contribution in [1.82, 2.24) is 9.97 Å². The second kappa shape index (κ2) is 6.10. The van der Waals surface area contributed by atoms with Crippen LogP contribution in [0.2, 0.25) is 5.02 Å². The molecule has 0 saturated heterocycles.